The van der Waals surface area contributed by atoms with Crippen LogP contribution in [0.2, 0.25) is 0 Å². The molecule has 27 heavy (non-hydrogen) atoms. The first-order chi connectivity index (χ1) is 13.0. The van der Waals surface area contributed by atoms with E-state index >= 15 is 0 Å². The molecule has 4 fully saturated rings. The molecule has 1 N–H and O–H groups in total. The molecule has 1 aromatic rings. The molecular weight excluding hydrogens is 328 g/mol. The number of aliphatic hydroxyl groups is 1. The summed E-state index contributed by atoms with van der Waals surface area (Å²) in [6, 6.07) is 10.6. The summed E-state index contributed by atoms with van der Waals surface area (Å²) in [5.74, 6) is 3.39. The van der Waals surface area contributed by atoms with Crippen molar-refractivity contribution in [1.82, 2.24) is 0 Å². The quantitative estimate of drug-likeness (QED) is 0.605. The molecule has 1 heteroatoms. The Bertz CT molecular complexity index is 721. The SMILES string of the molecule is C[C@]12CCCC[C@@H]1CC[C@H]1[C@H]2CC[C@]2(C)[C@H](O)/C(=C\c3ccccc3)C[C@H]12. The number of benzene rings is 1. The van der Waals surface area contributed by atoms with E-state index in [-0.39, 0.29) is 11.5 Å². The largest absolute Gasteiger partial charge is 0.388 e. The summed E-state index contributed by atoms with van der Waals surface area (Å²) in [4.78, 5) is 0. The number of hydrogen-bond acceptors (Lipinski definition) is 1. The van der Waals surface area contributed by atoms with E-state index in [0.717, 1.165) is 24.2 Å². The molecule has 4 aliphatic carbocycles. The Morgan fingerprint density at radius 1 is 0.889 bits per heavy atom. The van der Waals surface area contributed by atoms with Crippen LogP contribution >= 0.6 is 0 Å². The molecule has 0 aliphatic heterocycles. The van der Waals surface area contributed by atoms with E-state index in [1.54, 1.807) is 0 Å². The van der Waals surface area contributed by atoms with Crippen molar-refractivity contribution in [3.63, 3.8) is 0 Å². The zero-order chi connectivity index (χ0) is 18.6. The lowest BCUT2D eigenvalue weighted by Crippen LogP contribution is -2.53. The van der Waals surface area contributed by atoms with Crippen molar-refractivity contribution in [3.05, 3.63) is 41.5 Å². The molecule has 7 atom stereocenters. The minimum atomic E-state index is -0.249. The molecule has 0 amide bonds. The third-order valence-corrected chi connectivity index (χ3v) is 9.60. The highest BCUT2D eigenvalue weighted by molar-refractivity contribution is 5.55. The van der Waals surface area contributed by atoms with Gasteiger partial charge in [-0.2, -0.15) is 0 Å². The van der Waals surface area contributed by atoms with E-state index in [0.29, 0.717) is 11.3 Å². The predicted octanol–water partition coefficient (Wildman–Crippen LogP) is 6.47. The van der Waals surface area contributed by atoms with E-state index in [4.69, 9.17) is 0 Å². The summed E-state index contributed by atoms with van der Waals surface area (Å²) in [5, 5.41) is 11.3. The molecule has 1 nitrogen and oxygen atoms in total. The summed E-state index contributed by atoms with van der Waals surface area (Å²) in [5.41, 5.74) is 3.22. The van der Waals surface area contributed by atoms with E-state index in [9.17, 15) is 5.11 Å². The van der Waals surface area contributed by atoms with E-state index in [1.807, 2.05) is 0 Å². The van der Waals surface area contributed by atoms with E-state index in [2.05, 4.69) is 50.3 Å². The fourth-order valence-electron chi connectivity index (χ4n) is 8.06. The van der Waals surface area contributed by atoms with Gasteiger partial charge in [0.15, 0.2) is 0 Å². The third-order valence-electron chi connectivity index (χ3n) is 9.60. The third kappa shape index (κ3) is 2.68. The lowest BCUT2D eigenvalue weighted by molar-refractivity contribution is -0.119. The molecular formula is C26H36O. The summed E-state index contributed by atoms with van der Waals surface area (Å²) in [6.07, 6.45) is 14.4. The van der Waals surface area contributed by atoms with E-state index in [1.165, 1.54) is 62.5 Å². The molecule has 146 valence electrons. The second kappa shape index (κ2) is 6.48. The van der Waals surface area contributed by atoms with Crippen LogP contribution in [0, 0.1) is 34.5 Å². The topological polar surface area (TPSA) is 20.2 Å². The zero-order valence-corrected chi connectivity index (χ0v) is 17.2. The monoisotopic (exact) mass is 364 g/mol. The van der Waals surface area contributed by atoms with Gasteiger partial charge in [0.2, 0.25) is 0 Å². The summed E-state index contributed by atoms with van der Waals surface area (Å²) < 4.78 is 0. The molecule has 4 saturated carbocycles. The minimum Gasteiger partial charge on any atom is -0.388 e. The van der Waals surface area contributed by atoms with E-state index < -0.39 is 0 Å². The molecule has 0 saturated heterocycles. The van der Waals surface area contributed by atoms with Crippen LogP contribution in [0.15, 0.2) is 35.9 Å². The van der Waals surface area contributed by atoms with Gasteiger partial charge in [-0.3, -0.25) is 0 Å². The second-order valence-corrected chi connectivity index (χ2v) is 10.7. The van der Waals surface area contributed by atoms with Crippen LogP contribution in [0.25, 0.3) is 6.08 Å². The summed E-state index contributed by atoms with van der Waals surface area (Å²) in [7, 11) is 0. The van der Waals surface area contributed by atoms with Crippen molar-refractivity contribution in [2.24, 2.45) is 34.5 Å². The highest BCUT2D eigenvalue weighted by Crippen LogP contribution is 2.67. The molecule has 5 rings (SSSR count). The van der Waals surface area contributed by atoms with Gasteiger partial charge in [0.1, 0.15) is 0 Å². The van der Waals surface area contributed by atoms with Gasteiger partial charge >= 0.3 is 0 Å². The smallest absolute Gasteiger partial charge is 0.0809 e. The highest BCUT2D eigenvalue weighted by Gasteiger charge is 2.60. The maximum atomic E-state index is 11.3. The Labute approximate surface area is 165 Å². The van der Waals surface area contributed by atoms with Gasteiger partial charge in [-0.1, -0.05) is 63.1 Å². The van der Waals surface area contributed by atoms with Crippen molar-refractivity contribution >= 4 is 6.08 Å². The standard InChI is InChI=1S/C26H36O/c1-25-14-7-6-10-20(25)11-12-21-22(25)13-15-26(2)23(21)17-19(24(26)27)16-18-8-4-3-5-9-18/h3-5,8-9,16,20-24,27H,6-7,10-15,17H2,1-2H3/b19-16-/t20-,21+,22-,23-,24-,25+,26+/m1/s1. The Morgan fingerprint density at radius 2 is 1.70 bits per heavy atom. The molecule has 0 bridgehead atoms. The van der Waals surface area contributed by atoms with Crippen molar-refractivity contribution in [2.75, 3.05) is 0 Å². The first-order valence-corrected chi connectivity index (χ1v) is 11.5. The first-order valence-electron chi connectivity index (χ1n) is 11.5. The number of rotatable bonds is 1. The maximum absolute atomic E-state index is 11.3. The molecule has 4 aliphatic rings. The van der Waals surface area contributed by atoms with Crippen LogP contribution in [-0.2, 0) is 0 Å². The van der Waals surface area contributed by atoms with Crippen LogP contribution < -0.4 is 0 Å². The maximum Gasteiger partial charge on any atom is 0.0809 e. The van der Waals surface area contributed by atoms with Gasteiger partial charge in [0, 0.05) is 5.41 Å². The molecule has 0 heterocycles. The Kier molecular flexibility index (Phi) is 4.31. The van der Waals surface area contributed by atoms with Crippen LogP contribution in [0.4, 0.5) is 0 Å². The predicted molar refractivity (Wildman–Crippen MR) is 112 cm³/mol. The highest BCUT2D eigenvalue weighted by atomic mass is 16.3. The van der Waals surface area contributed by atoms with Crippen molar-refractivity contribution in [2.45, 2.75) is 77.7 Å². The molecule has 0 aromatic heterocycles. The second-order valence-electron chi connectivity index (χ2n) is 10.7. The lowest BCUT2D eigenvalue weighted by Gasteiger charge is -2.60. The van der Waals surface area contributed by atoms with Crippen LogP contribution in [0.3, 0.4) is 0 Å². The number of hydrogen-bond donors (Lipinski definition) is 1. The van der Waals surface area contributed by atoms with Crippen molar-refractivity contribution < 1.29 is 5.11 Å². The van der Waals surface area contributed by atoms with Crippen LogP contribution in [-0.4, -0.2) is 11.2 Å². The molecule has 0 spiro atoms. The van der Waals surface area contributed by atoms with Gasteiger partial charge in [0.05, 0.1) is 6.10 Å². The van der Waals surface area contributed by atoms with Crippen LogP contribution in [0.5, 0.6) is 0 Å². The Morgan fingerprint density at radius 3 is 2.52 bits per heavy atom. The molecule has 0 unspecified atom stereocenters. The van der Waals surface area contributed by atoms with Gasteiger partial charge < -0.3 is 5.11 Å². The van der Waals surface area contributed by atoms with Gasteiger partial charge in [0.25, 0.3) is 0 Å². The fourth-order valence-corrected chi connectivity index (χ4v) is 8.06. The zero-order valence-electron chi connectivity index (χ0n) is 17.2. The van der Waals surface area contributed by atoms with Gasteiger partial charge in [-0.25, -0.2) is 0 Å². The number of fused-ring (bicyclic) bond motifs is 5. The normalized spacial score (nSPS) is 48.0. The lowest BCUT2D eigenvalue weighted by atomic mass is 9.45. The first kappa shape index (κ1) is 18.0. The van der Waals surface area contributed by atoms with Crippen molar-refractivity contribution in [3.8, 4) is 0 Å². The Hall–Kier alpha value is -1.08. The number of aliphatic hydroxyl groups excluding tert-OH is 1. The van der Waals surface area contributed by atoms with Crippen molar-refractivity contribution in [1.29, 1.82) is 0 Å². The van der Waals surface area contributed by atoms with Gasteiger partial charge in [-0.15, -0.1) is 0 Å². The summed E-state index contributed by atoms with van der Waals surface area (Å²) in [6.45, 7) is 5.04. The van der Waals surface area contributed by atoms with Gasteiger partial charge in [-0.05, 0) is 85.2 Å². The molecule has 0 radical (unpaired) electrons. The summed E-state index contributed by atoms with van der Waals surface area (Å²) >= 11 is 0. The van der Waals surface area contributed by atoms with Crippen LogP contribution in [0.1, 0.15) is 77.2 Å². The Balaban J connectivity index is 1.46. The molecule has 1 aromatic carbocycles. The minimum absolute atomic E-state index is 0.0969. The average Bonchev–Trinajstić information content (AvgIpc) is 2.93. The average molecular weight is 365 g/mol. The fraction of sp³-hybridized carbons (Fsp3) is 0.692.